The summed E-state index contributed by atoms with van der Waals surface area (Å²) in [6, 6.07) is 15.6. The first-order chi connectivity index (χ1) is 13.9. The van der Waals surface area contributed by atoms with Gasteiger partial charge in [0.1, 0.15) is 11.4 Å². The van der Waals surface area contributed by atoms with Crippen molar-refractivity contribution in [1.29, 1.82) is 0 Å². The van der Waals surface area contributed by atoms with E-state index in [0.29, 0.717) is 24.6 Å². The Bertz CT molecular complexity index is 1020. The first-order valence-electron chi connectivity index (χ1n) is 9.55. The largest absolute Gasteiger partial charge is 0.497 e. The van der Waals surface area contributed by atoms with Gasteiger partial charge in [-0.25, -0.2) is 9.97 Å². The second-order valence-corrected chi connectivity index (χ2v) is 7.00. The summed E-state index contributed by atoms with van der Waals surface area (Å²) in [6.07, 6.45) is 0.709. The number of benzene rings is 2. The predicted molar refractivity (Wildman–Crippen MR) is 115 cm³/mol. The van der Waals surface area contributed by atoms with E-state index in [2.05, 4.69) is 34.4 Å². The van der Waals surface area contributed by atoms with Gasteiger partial charge in [0.25, 0.3) is 5.91 Å². The van der Waals surface area contributed by atoms with Crippen LogP contribution in [0, 0.1) is 20.8 Å². The summed E-state index contributed by atoms with van der Waals surface area (Å²) in [6.45, 7) is 6.48. The maximum atomic E-state index is 12.6. The number of hydrogen-bond acceptors (Lipinski definition) is 5. The number of ether oxygens (including phenoxy) is 1. The lowest BCUT2D eigenvalue weighted by Crippen LogP contribution is -2.27. The fraction of sp³-hybridized carbons (Fsp3) is 0.261. The van der Waals surface area contributed by atoms with Crippen LogP contribution in [0.2, 0.25) is 0 Å². The number of carbonyl (C=O) groups is 1. The number of aryl methyl sites for hydroxylation is 3. The summed E-state index contributed by atoms with van der Waals surface area (Å²) in [5.41, 5.74) is 5.46. The number of amides is 1. The van der Waals surface area contributed by atoms with E-state index < -0.39 is 0 Å². The average molecular weight is 390 g/mol. The molecule has 2 N–H and O–H groups in total. The molecule has 150 valence electrons. The number of hydrogen-bond donors (Lipinski definition) is 2. The quantitative estimate of drug-likeness (QED) is 0.634. The van der Waals surface area contributed by atoms with Crippen LogP contribution in [0.4, 0.5) is 11.6 Å². The van der Waals surface area contributed by atoms with Crippen molar-refractivity contribution < 1.29 is 9.53 Å². The smallest absolute Gasteiger partial charge is 0.270 e. The standard InChI is InChI=1S/C23H26N4O2/c1-15-8-9-19(12-16(15)2)26-23-25-17(3)13-21(27-23)22(28)24-11-10-18-6-5-7-20(14-18)29-4/h5-9,12-14H,10-11H2,1-4H3,(H,24,28)(H,25,26,27). The van der Waals surface area contributed by atoms with Gasteiger partial charge in [-0.15, -0.1) is 0 Å². The van der Waals surface area contributed by atoms with Gasteiger partial charge in [-0.3, -0.25) is 4.79 Å². The zero-order valence-electron chi connectivity index (χ0n) is 17.2. The molecule has 6 heteroatoms. The molecule has 0 spiro atoms. The van der Waals surface area contributed by atoms with Crippen LogP contribution in [-0.4, -0.2) is 29.5 Å². The minimum absolute atomic E-state index is 0.221. The van der Waals surface area contributed by atoms with Crippen LogP contribution >= 0.6 is 0 Å². The van der Waals surface area contributed by atoms with Gasteiger partial charge in [-0.2, -0.15) is 0 Å². The Balaban J connectivity index is 1.64. The van der Waals surface area contributed by atoms with E-state index in [1.54, 1.807) is 13.2 Å². The van der Waals surface area contributed by atoms with E-state index in [0.717, 1.165) is 22.7 Å². The Labute approximate surface area is 171 Å². The molecule has 0 aliphatic heterocycles. The average Bonchev–Trinajstić information content (AvgIpc) is 2.70. The number of aromatic nitrogens is 2. The minimum Gasteiger partial charge on any atom is -0.497 e. The van der Waals surface area contributed by atoms with Crippen molar-refractivity contribution in [1.82, 2.24) is 15.3 Å². The van der Waals surface area contributed by atoms with Gasteiger partial charge in [-0.1, -0.05) is 18.2 Å². The van der Waals surface area contributed by atoms with Crippen LogP contribution in [0.3, 0.4) is 0 Å². The SMILES string of the molecule is COc1cccc(CCNC(=O)c2cc(C)nc(Nc3ccc(C)c(C)c3)n2)c1. The Morgan fingerprint density at radius 2 is 1.83 bits per heavy atom. The lowest BCUT2D eigenvalue weighted by molar-refractivity contribution is 0.0949. The van der Waals surface area contributed by atoms with E-state index in [-0.39, 0.29) is 5.91 Å². The van der Waals surface area contributed by atoms with Gasteiger partial charge in [0.05, 0.1) is 7.11 Å². The van der Waals surface area contributed by atoms with E-state index in [9.17, 15) is 4.79 Å². The lowest BCUT2D eigenvalue weighted by atomic mass is 10.1. The maximum absolute atomic E-state index is 12.6. The van der Waals surface area contributed by atoms with Crippen molar-refractivity contribution in [2.24, 2.45) is 0 Å². The predicted octanol–water partition coefficient (Wildman–Crippen LogP) is 4.13. The molecular weight excluding hydrogens is 364 g/mol. The van der Waals surface area contributed by atoms with Crippen molar-refractivity contribution in [2.45, 2.75) is 27.2 Å². The Morgan fingerprint density at radius 1 is 1.00 bits per heavy atom. The summed E-state index contributed by atoms with van der Waals surface area (Å²) in [5.74, 6) is 0.995. The highest BCUT2D eigenvalue weighted by Gasteiger charge is 2.11. The van der Waals surface area contributed by atoms with Crippen molar-refractivity contribution in [3.8, 4) is 5.75 Å². The first-order valence-corrected chi connectivity index (χ1v) is 9.55. The molecule has 0 saturated carbocycles. The lowest BCUT2D eigenvalue weighted by Gasteiger charge is -2.10. The van der Waals surface area contributed by atoms with Gasteiger partial charge in [-0.05, 0) is 74.2 Å². The van der Waals surface area contributed by atoms with Gasteiger partial charge in [0.2, 0.25) is 5.95 Å². The molecule has 1 aromatic heterocycles. The van der Waals surface area contributed by atoms with Gasteiger partial charge < -0.3 is 15.4 Å². The third-order valence-corrected chi connectivity index (χ3v) is 4.68. The number of rotatable bonds is 7. The minimum atomic E-state index is -0.221. The maximum Gasteiger partial charge on any atom is 0.270 e. The summed E-state index contributed by atoms with van der Waals surface area (Å²) in [4.78, 5) is 21.3. The van der Waals surface area contributed by atoms with Crippen molar-refractivity contribution >= 4 is 17.5 Å². The molecule has 0 saturated heterocycles. The second-order valence-electron chi connectivity index (χ2n) is 7.00. The molecular formula is C23H26N4O2. The number of methoxy groups -OCH3 is 1. The first kappa shape index (κ1) is 20.3. The molecule has 3 aromatic rings. The fourth-order valence-electron chi connectivity index (χ4n) is 2.93. The topological polar surface area (TPSA) is 76.1 Å². The summed E-state index contributed by atoms with van der Waals surface area (Å²) in [5, 5.41) is 6.11. The zero-order chi connectivity index (χ0) is 20.8. The molecule has 0 unspecified atom stereocenters. The van der Waals surface area contributed by atoms with E-state index in [1.807, 2.05) is 49.4 Å². The molecule has 0 fully saturated rings. The summed E-state index contributed by atoms with van der Waals surface area (Å²) in [7, 11) is 1.64. The highest BCUT2D eigenvalue weighted by Crippen LogP contribution is 2.18. The molecule has 6 nitrogen and oxygen atoms in total. The number of nitrogens with zero attached hydrogens (tertiary/aromatic N) is 2. The monoisotopic (exact) mass is 390 g/mol. The molecule has 0 bridgehead atoms. The van der Waals surface area contributed by atoms with Crippen molar-refractivity contribution in [3.05, 3.63) is 76.6 Å². The molecule has 29 heavy (non-hydrogen) atoms. The normalized spacial score (nSPS) is 10.5. The third-order valence-electron chi connectivity index (χ3n) is 4.68. The Hall–Kier alpha value is -3.41. The molecule has 0 radical (unpaired) electrons. The highest BCUT2D eigenvalue weighted by molar-refractivity contribution is 5.92. The van der Waals surface area contributed by atoms with Gasteiger partial charge >= 0.3 is 0 Å². The van der Waals surface area contributed by atoms with Crippen LogP contribution in [0.5, 0.6) is 5.75 Å². The molecule has 0 aliphatic carbocycles. The second kappa shape index (κ2) is 9.19. The van der Waals surface area contributed by atoms with Crippen LogP contribution in [0.15, 0.2) is 48.5 Å². The molecule has 1 heterocycles. The highest BCUT2D eigenvalue weighted by atomic mass is 16.5. The molecule has 3 rings (SSSR count). The van der Waals surface area contributed by atoms with Crippen LogP contribution < -0.4 is 15.4 Å². The molecule has 0 aliphatic rings. The van der Waals surface area contributed by atoms with E-state index in [1.165, 1.54) is 11.1 Å². The van der Waals surface area contributed by atoms with Crippen molar-refractivity contribution in [2.75, 3.05) is 19.0 Å². The van der Waals surface area contributed by atoms with Gasteiger partial charge in [0.15, 0.2) is 0 Å². The fourth-order valence-corrected chi connectivity index (χ4v) is 2.93. The number of carbonyl (C=O) groups excluding carboxylic acids is 1. The number of anilines is 2. The van der Waals surface area contributed by atoms with Crippen LogP contribution in [0.25, 0.3) is 0 Å². The summed E-state index contributed by atoms with van der Waals surface area (Å²) >= 11 is 0. The van der Waals surface area contributed by atoms with Crippen LogP contribution in [0.1, 0.15) is 32.9 Å². The van der Waals surface area contributed by atoms with Crippen LogP contribution in [-0.2, 0) is 6.42 Å². The van der Waals surface area contributed by atoms with Gasteiger partial charge in [0, 0.05) is 17.9 Å². The molecule has 2 aromatic carbocycles. The molecule has 1 amide bonds. The van der Waals surface area contributed by atoms with E-state index >= 15 is 0 Å². The third kappa shape index (κ3) is 5.54. The van der Waals surface area contributed by atoms with E-state index in [4.69, 9.17) is 4.74 Å². The number of nitrogens with one attached hydrogen (secondary N) is 2. The summed E-state index contributed by atoms with van der Waals surface area (Å²) < 4.78 is 5.23. The molecule has 0 atom stereocenters. The Morgan fingerprint density at radius 3 is 2.59 bits per heavy atom. The van der Waals surface area contributed by atoms with Crippen molar-refractivity contribution in [3.63, 3.8) is 0 Å². The Kier molecular flexibility index (Phi) is 6.44. The zero-order valence-corrected chi connectivity index (χ0v) is 17.2.